The Balaban J connectivity index is 1.22. The molecule has 1 heterocycles. The molecular weight excluding hydrogens is 515 g/mol. The first kappa shape index (κ1) is 25.3. The van der Waals surface area contributed by atoms with E-state index in [2.05, 4.69) is 15.6 Å². The van der Waals surface area contributed by atoms with Gasteiger partial charge in [-0.3, -0.25) is 9.59 Å². The van der Waals surface area contributed by atoms with Crippen molar-refractivity contribution >= 4 is 34.5 Å². The van der Waals surface area contributed by atoms with Crippen LogP contribution in [0.3, 0.4) is 0 Å². The average molecular weight is 538 g/mol. The third kappa shape index (κ3) is 5.24. The SMILES string of the molecule is O=C(COc1ccc(Cl)c(F)c1)NC1C2CCCC(NC(=O)c3nc4cc(F)c(F)cc4o3)(C2)C[C@@H]1O. The van der Waals surface area contributed by atoms with Gasteiger partial charge >= 0.3 is 5.91 Å². The number of halogens is 4. The van der Waals surface area contributed by atoms with E-state index in [0.29, 0.717) is 12.8 Å². The molecule has 2 aromatic carbocycles. The molecule has 3 N–H and O–H groups in total. The van der Waals surface area contributed by atoms with E-state index in [1.165, 1.54) is 12.1 Å². The van der Waals surface area contributed by atoms with Crippen molar-refractivity contribution in [2.75, 3.05) is 6.61 Å². The first-order chi connectivity index (χ1) is 17.6. The minimum absolute atomic E-state index is 0.0121. The van der Waals surface area contributed by atoms with Gasteiger partial charge < -0.3 is 24.9 Å². The number of amides is 2. The second-order valence-electron chi connectivity index (χ2n) is 9.57. The van der Waals surface area contributed by atoms with Crippen molar-refractivity contribution < 1.29 is 37.0 Å². The highest BCUT2D eigenvalue weighted by atomic mass is 35.5. The molecule has 4 atom stereocenters. The lowest BCUT2D eigenvalue weighted by Crippen LogP contribution is -2.64. The summed E-state index contributed by atoms with van der Waals surface area (Å²) in [6.07, 6.45) is 1.78. The summed E-state index contributed by atoms with van der Waals surface area (Å²) in [4.78, 5) is 29.4. The van der Waals surface area contributed by atoms with Crippen LogP contribution in [0.1, 0.15) is 42.8 Å². The Kier molecular flexibility index (Phi) is 6.76. The summed E-state index contributed by atoms with van der Waals surface area (Å²) in [5.41, 5.74) is -0.800. The van der Waals surface area contributed by atoms with Crippen molar-refractivity contribution in [3.8, 4) is 5.75 Å². The van der Waals surface area contributed by atoms with E-state index in [9.17, 15) is 27.9 Å². The second kappa shape index (κ2) is 9.86. The number of hydrogen-bond donors (Lipinski definition) is 3. The van der Waals surface area contributed by atoms with Gasteiger partial charge in [-0.15, -0.1) is 0 Å². The van der Waals surface area contributed by atoms with Crippen LogP contribution in [0.2, 0.25) is 5.02 Å². The van der Waals surface area contributed by atoms with Gasteiger partial charge in [0.1, 0.15) is 17.1 Å². The van der Waals surface area contributed by atoms with Crippen LogP contribution < -0.4 is 15.4 Å². The van der Waals surface area contributed by atoms with Crippen LogP contribution in [0, 0.1) is 23.4 Å². The maximum atomic E-state index is 13.6. The van der Waals surface area contributed by atoms with E-state index in [0.717, 1.165) is 31.0 Å². The monoisotopic (exact) mass is 537 g/mol. The Morgan fingerprint density at radius 3 is 2.73 bits per heavy atom. The van der Waals surface area contributed by atoms with Gasteiger partial charge in [-0.1, -0.05) is 18.0 Å². The van der Waals surface area contributed by atoms with Gasteiger partial charge in [-0.25, -0.2) is 18.2 Å². The predicted molar refractivity (Wildman–Crippen MR) is 126 cm³/mol. The molecule has 0 saturated heterocycles. The van der Waals surface area contributed by atoms with Crippen molar-refractivity contribution in [2.45, 2.75) is 49.8 Å². The Labute approximate surface area is 214 Å². The molecule has 3 unspecified atom stereocenters. The van der Waals surface area contributed by atoms with Gasteiger partial charge in [0.25, 0.3) is 11.8 Å². The molecule has 0 aliphatic heterocycles. The number of carbonyl (C=O) groups excluding carboxylic acids is 2. The summed E-state index contributed by atoms with van der Waals surface area (Å²) in [6.45, 7) is -0.377. The molecule has 5 rings (SSSR count). The highest BCUT2D eigenvalue weighted by Crippen LogP contribution is 2.43. The van der Waals surface area contributed by atoms with Crippen molar-refractivity contribution in [1.82, 2.24) is 15.6 Å². The number of carbonyl (C=O) groups is 2. The van der Waals surface area contributed by atoms with E-state index >= 15 is 0 Å². The Hall–Kier alpha value is -3.31. The predicted octanol–water partition coefficient (Wildman–Crippen LogP) is 3.89. The Morgan fingerprint density at radius 1 is 1.16 bits per heavy atom. The fourth-order valence-corrected chi connectivity index (χ4v) is 5.50. The first-order valence-electron chi connectivity index (χ1n) is 11.8. The zero-order valence-corrected chi connectivity index (χ0v) is 20.2. The number of rotatable bonds is 6. The summed E-state index contributed by atoms with van der Waals surface area (Å²) in [6, 6.07) is 4.96. The van der Waals surface area contributed by atoms with Crippen molar-refractivity contribution in [2.24, 2.45) is 5.92 Å². The maximum absolute atomic E-state index is 13.6. The Morgan fingerprint density at radius 2 is 1.95 bits per heavy atom. The number of hydrogen-bond acceptors (Lipinski definition) is 6. The lowest BCUT2D eigenvalue weighted by atomic mass is 9.64. The number of fused-ring (bicyclic) bond motifs is 3. The van der Waals surface area contributed by atoms with Gasteiger partial charge in [0.15, 0.2) is 23.8 Å². The number of aromatic nitrogens is 1. The van der Waals surface area contributed by atoms with Crippen LogP contribution in [-0.4, -0.2) is 46.2 Å². The fourth-order valence-electron chi connectivity index (χ4n) is 5.38. The maximum Gasteiger partial charge on any atom is 0.307 e. The summed E-state index contributed by atoms with van der Waals surface area (Å²) in [5.74, 6) is -4.33. The van der Waals surface area contributed by atoms with Crippen LogP contribution in [-0.2, 0) is 4.79 Å². The van der Waals surface area contributed by atoms with Gasteiger partial charge in [0.2, 0.25) is 0 Å². The van der Waals surface area contributed by atoms with Crippen LogP contribution >= 0.6 is 11.6 Å². The summed E-state index contributed by atoms with van der Waals surface area (Å²) in [5, 5.41) is 16.6. The van der Waals surface area contributed by atoms with Crippen LogP contribution in [0.25, 0.3) is 11.1 Å². The number of aliphatic hydroxyl groups is 1. The van der Waals surface area contributed by atoms with Gasteiger partial charge in [-0.05, 0) is 43.7 Å². The zero-order valence-electron chi connectivity index (χ0n) is 19.4. The van der Waals surface area contributed by atoms with E-state index in [4.69, 9.17) is 20.8 Å². The number of benzene rings is 2. The second-order valence-corrected chi connectivity index (χ2v) is 9.98. The summed E-state index contributed by atoms with van der Waals surface area (Å²) >= 11 is 5.65. The molecule has 2 bridgehead atoms. The quantitative estimate of drug-likeness (QED) is 0.440. The van der Waals surface area contributed by atoms with Crippen LogP contribution in [0.5, 0.6) is 5.75 Å². The van der Waals surface area contributed by atoms with Gasteiger partial charge in [0, 0.05) is 23.7 Å². The van der Waals surface area contributed by atoms with Crippen LogP contribution in [0.4, 0.5) is 13.2 Å². The number of nitrogens with one attached hydrogen (secondary N) is 2. The number of oxazole rings is 1. The highest BCUT2D eigenvalue weighted by molar-refractivity contribution is 6.30. The number of aliphatic hydroxyl groups excluding tert-OH is 1. The molecule has 2 saturated carbocycles. The molecule has 3 aromatic rings. The number of nitrogens with zero attached hydrogens (tertiary/aromatic N) is 1. The van der Waals surface area contributed by atoms with E-state index < -0.39 is 47.0 Å². The third-order valence-corrected chi connectivity index (χ3v) is 7.30. The molecule has 0 spiro atoms. The van der Waals surface area contributed by atoms with E-state index in [1.807, 2.05) is 0 Å². The average Bonchev–Trinajstić information content (AvgIpc) is 3.25. The smallest absolute Gasteiger partial charge is 0.307 e. The minimum atomic E-state index is -1.11. The third-order valence-electron chi connectivity index (χ3n) is 7.00. The molecule has 12 heteroatoms. The fraction of sp³-hybridized carbons (Fsp3) is 0.400. The summed E-state index contributed by atoms with van der Waals surface area (Å²) in [7, 11) is 0. The lowest BCUT2D eigenvalue weighted by molar-refractivity contribution is -0.127. The molecule has 196 valence electrons. The standard InChI is InChI=1S/C25H23ClF3N3O5/c26-14-4-3-13(6-15(14)27)36-11-21(34)31-22-12-2-1-5-25(9-12,10-19(22)33)32-23(35)24-30-18-7-16(28)17(29)8-20(18)37-24/h3-4,6-8,12,19,22,33H,1-2,5,9-11H2,(H,31,34)(H,32,35)/t12?,19-,22?,25?/m0/s1. The molecule has 2 aliphatic carbocycles. The van der Waals surface area contributed by atoms with Crippen molar-refractivity contribution in [3.05, 3.63) is 58.7 Å². The molecule has 2 fully saturated rings. The highest BCUT2D eigenvalue weighted by Gasteiger charge is 2.49. The molecule has 37 heavy (non-hydrogen) atoms. The molecular formula is C25H23ClF3N3O5. The van der Waals surface area contributed by atoms with Crippen molar-refractivity contribution in [3.63, 3.8) is 0 Å². The summed E-state index contributed by atoms with van der Waals surface area (Å²) < 4.78 is 51.2. The lowest BCUT2D eigenvalue weighted by Gasteiger charge is -2.51. The molecule has 2 aliphatic rings. The minimum Gasteiger partial charge on any atom is -0.484 e. The molecule has 8 nitrogen and oxygen atoms in total. The normalized spacial score (nSPS) is 25.1. The molecule has 1 aromatic heterocycles. The van der Waals surface area contributed by atoms with E-state index in [-0.39, 0.29) is 46.7 Å². The molecule has 0 radical (unpaired) electrons. The van der Waals surface area contributed by atoms with E-state index in [1.54, 1.807) is 0 Å². The topological polar surface area (TPSA) is 114 Å². The Bertz CT molecular complexity index is 1330. The van der Waals surface area contributed by atoms with Crippen LogP contribution in [0.15, 0.2) is 34.7 Å². The van der Waals surface area contributed by atoms with Crippen molar-refractivity contribution in [1.29, 1.82) is 0 Å². The first-order valence-corrected chi connectivity index (χ1v) is 12.1. The number of ether oxygens (including phenoxy) is 1. The largest absolute Gasteiger partial charge is 0.484 e. The van der Waals surface area contributed by atoms with Gasteiger partial charge in [0.05, 0.1) is 17.2 Å². The van der Waals surface area contributed by atoms with Gasteiger partial charge in [-0.2, -0.15) is 0 Å². The molecule has 2 amide bonds. The zero-order chi connectivity index (χ0) is 26.3.